The SMILES string of the molecule is O=Cc1ccc(O[C@@H](C(=O)N2CCOCC2)c2ccccc2)c([N+](=O)[O-])c1. The van der Waals surface area contributed by atoms with Crippen molar-refractivity contribution in [2.75, 3.05) is 26.3 Å². The standard InChI is InChI=1S/C19H18N2O6/c22-13-14-6-7-17(16(12-14)21(24)25)27-18(15-4-2-1-3-5-15)19(23)20-8-10-26-11-9-20/h1-7,12-13,18H,8-11H2/t18-/m1/s1. The van der Waals surface area contributed by atoms with Crippen LogP contribution >= 0.6 is 0 Å². The zero-order valence-corrected chi connectivity index (χ0v) is 14.4. The number of ether oxygens (including phenoxy) is 2. The van der Waals surface area contributed by atoms with E-state index in [4.69, 9.17) is 9.47 Å². The summed E-state index contributed by atoms with van der Waals surface area (Å²) in [4.78, 5) is 36.3. The Morgan fingerprint density at radius 3 is 2.52 bits per heavy atom. The van der Waals surface area contributed by atoms with E-state index in [-0.39, 0.29) is 22.9 Å². The summed E-state index contributed by atoms with van der Waals surface area (Å²) in [6.07, 6.45) is -0.519. The molecule has 1 fully saturated rings. The van der Waals surface area contributed by atoms with Gasteiger partial charge >= 0.3 is 5.69 Å². The maximum Gasteiger partial charge on any atom is 0.311 e. The van der Waals surface area contributed by atoms with Gasteiger partial charge < -0.3 is 14.4 Å². The van der Waals surface area contributed by atoms with E-state index in [2.05, 4.69) is 0 Å². The normalized spacial score (nSPS) is 15.0. The van der Waals surface area contributed by atoms with Crippen LogP contribution in [0.25, 0.3) is 0 Å². The molecule has 1 amide bonds. The van der Waals surface area contributed by atoms with E-state index in [9.17, 15) is 19.7 Å². The van der Waals surface area contributed by atoms with E-state index in [1.165, 1.54) is 12.1 Å². The fourth-order valence-electron chi connectivity index (χ4n) is 2.82. The Morgan fingerprint density at radius 2 is 1.89 bits per heavy atom. The fraction of sp³-hybridized carbons (Fsp3) is 0.263. The van der Waals surface area contributed by atoms with Gasteiger partial charge in [0.25, 0.3) is 5.91 Å². The van der Waals surface area contributed by atoms with Crippen LogP contribution in [0.2, 0.25) is 0 Å². The van der Waals surface area contributed by atoms with Crippen LogP contribution in [-0.4, -0.2) is 48.3 Å². The number of carbonyl (C=O) groups is 2. The molecular weight excluding hydrogens is 352 g/mol. The first-order valence-electron chi connectivity index (χ1n) is 8.42. The summed E-state index contributed by atoms with van der Waals surface area (Å²) in [7, 11) is 0. The zero-order valence-electron chi connectivity index (χ0n) is 14.4. The second-order valence-electron chi connectivity index (χ2n) is 5.95. The molecule has 0 aliphatic carbocycles. The number of benzene rings is 2. The van der Waals surface area contributed by atoms with Crippen LogP contribution in [-0.2, 0) is 9.53 Å². The molecule has 2 aromatic rings. The molecule has 27 heavy (non-hydrogen) atoms. The molecule has 140 valence electrons. The number of hydrogen-bond donors (Lipinski definition) is 0. The number of carbonyl (C=O) groups excluding carboxylic acids is 2. The highest BCUT2D eigenvalue weighted by Crippen LogP contribution is 2.32. The molecule has 0 aromatic heterocycles. The lowest BCUT2D eigenvalue weighted by Gasteiger charge is -2.30. The van der Waals surface area contributed by atoms with Crippen LogP contribution in [0.5, 0.6) is 5.75 Å². The van der Waals surface area contributed by atoms with Gasteiger partial charge in [-0.25, -0.2) is 0 Å². The Morgan fingerprint density at radius 1 is 1.19 bits per heavy atom. The molecule has 0 spiro atoms. The second kappa shape index (κ2) is 8.41. The molecule has 0 saturated carbocycles. The summed E-state index contributed by atoms with van der Waals surface area (Å²) >= 11 is 0. The summed E-state index contributed by atoms with van der Waals surface area (Å²) in [5.41, 5.74) is 0.378. The van der Waals surface area contributed by atoms with Gasteiger partial charge in [0.2, 0.25) is 6.10 Å². The number of nitro groups is 1. The van der Waals surface area contributed by atoms with Crippen molar-refractivity contribution in [3.05, 3.63) is 69.8 Å². The van der Waals surface area contributed by atoms with Gasteiger partial charge in [-0.1, -0.05) is 30.3 Å². The number of rotatable bonds is 6. The van der Waals surface area contributed by atoms with Crippen LogP contribution in [0.1, 0.15) is 22.0 Å². The van der Waals surface area contributed by atoms with Crippen LogP contribution in [0.15, 0.2) is 48.5 Å². The molecule has 0 radical (unpaired) electrons. The third-order valence-electron chi connectivity index (χ3n) is 4.21. The number of nitrogens with zero attached hydrogens (tertiary/aromatic N) is 2. The predicted octanol–water partition coefficient (Wildman–Crippen LogP) is 2.39. The van der Waals surface area contributed by atoms with Crippen molar-refractivity contribution in [2.24, 2.45) is 0 Å². The molecule has 1 aliphatic heterocycles. The molecular formula is C19H18N2O6. The molecule has 8 heteroatoms. The number of amides is 1. The van der Waals surface area contributed by atoms with Gasteiger partial charge in [0.15, 0.2) is 5.75 Å². The molecule has 3 rings (SSSR count). The Labute approximate surface area is 155 Å². The van der Waals surface area contributed by atoms with E-state index >= 15 is 0 Å². The lowest BCUT2D eigenvalue weighted by molar-refractivity contribution is -0.386. The first-order chi connectivity index (χ1) is 13.1. The summed E-state index contributed by atoms with van der Waals surface area (Å²) in [5, 5.41) is 11.4. The number of morpholine rings is 1. The third kappa shape index (κ3) is 4.29. The van der Waals surface area contributed by atoms with E-state index in [1.807, 2.05) is 0 Å². The van der Waals surface area contributed by atoms with Crippen LogP contribution in [0, 0.1) is 10.1 Å². The topological polar surface area (TPSA) is 99.0 Å². The molecule has 0 bridgehead atoms. The average molecular weight is 370 g/mol. The minimum absolute atomic E-state index is 0.0685. The van der Waals surface area contributed by atoms with Gasteiger partial charge in [0.05, 0.1) is 18.1 Å². The highest BCUT2D eigenvalue weighted by atomic mass is 16.6. The number of nitro benzene ring substituents is 1. The summed E-state index contributed by atoms with van der Waals surface area (Å²) < 4.78 is 11.1. The summed E-state index contributed by atoms with van der Waals surface area (Å²) in [6.45, 7) is 1.72. The first-order valence-corrected chi connectivity index (χ1v) is 8.42. The quantitative estimate of drug-likeness (QED) is 0.440. The van der Waals surface area contributed by atoms with Crippen molar-refractivity contribution in [1.82, 2.24) is 4.90 Å². The Bertz CT molecular complexity index is 833. The fourth-order valence-corrected chi connectivity index (χ4v) is 2.82. The Hall–Kier alpha value is -3.26. The van der Waals surface area contributed by atoms with E-state index in [0.717, 1.165) is 6.07 Å². The van der Waals surface area contributed by atoms with E-state index < -0.39 is 11.0 Å². The Balaban J connectivity index is 1.95. The van der Waals surface area contributed by atoms with Crippen LogP contribution < -0.4 is 4.74 Å². The predicted molar refractivity (Wildman–Crippen MR) is 95.7 cm³/mol. The van der Waals surface area contributed by atoms with Crippen molar-refractivity contribution in [2.45, 2.75) is 6.10 Å². The van der Waals surface area contributed by atoms with Gasteiger partial charge in [-0.15, -0.1) is 0 Å². The highest BCUT2D eigenvalue weighted by Gasteiger charge is 2.31. The smallest absolute Gasteiger partial charge is 0.311 e. The lowest BCUT2D eigenvalue weighted by atomic mass is 10.1. The summed E-state index contributed by atoms with van der Waals surface area (Å²) in [5.74, 6) is -0.362. The van der Waals surface area contributed by atoms with Crippen molar-refractivity contribution in [3.8, 4) is 5.75 Å². The van der Waals surface area contributed by atoms with Crippen molar-refractivity contribution in [3.63, 3.8) is 0 Å². The maximum atomic E-state index is 13.0. The van der Waals surface area contributed by atoms with Gasteiger partial charge in [-0.3, -0.25) is 19.7 Å². The van der Waals surface area contributed by atoms with Crippen molar-refractivity contribution < 1.29 is 24.0 Å². The second-order valence-corrected chi connectivity index (χ2v) is 5.95. The van der Waals surface area contributed by atoms with Gasteiger partial charge in [0.1, 0.15) is 6.29 Å². The molecule has 0 unspecified atom stereocenters. The average Bonchev–Trinajstić information content (AvgIpc) is 2.72. The molecule has 1 atom stereocenters. The zero-order chi connectivity index (χ0) is 19.2. The van der Waals surface area contributed by atoms with E-state index in [1.54, 1.807) is 35.2 Å². The van der Waals surface area contributed by atoms with Crippen molar-refractivity contribution >= 4 is 17.9 Å². The molecule has 2 aromatic carbocycles. The van der Waals surface area contributed by atoms with Gasteiger partial charge in [-0.05, 0) is 12.1 Å². The monoisotopic (exact) mass is 370 g/mol. The Kier molecular flexibility index (Phi) is 5.77. The summed E-state index contributed by atoms with van der Waals surface area (Å²) in [6, 6.07) is 12.7. The number of aldehydes is 1. The van der Waals surface area contributed by atoms with Crippen molar-refractivity contribution in [1.29, 1.82) is 0 Å². The van der Waals surface area contributed by atoms with Crippen LogP contribution in [0.4, 0.5) is 5.69 Å². The first kappa shape index (κ1) is 18.5. The third-order valence-corrected chi connectivity index (χ3v) is 4.21. The number of hydrogen-bond acceptors (Lipinski definition) is 6. The largest absolute Gasteiger partial charge is 0.469 e. The molecule has 0 N–H and O–H groups in total. The molecule has 1 saturated heterocycles. The van der Waals surface area contributed by atoms with Crippen LogP contribution in [0.3, 0.4) is 0 Å². The minimum atomic E-state index is -1.04. The maximum absolute atomic E-state index is 13.0. The van der Waals surface area contributed by atoms with Gasteiger partial charge in [-0.2, -0.15) is 0 Å². The molecule has 8 nitrogen and oxygen atoms in total. The van der Waals surface area contributed by atoms with Gasteiger partial charge in [0, 0.05) is 30.3 Å². The molecule has 1 heterocycles. The van der Waals surface area contributed by atoms with E-state index in [0.29, 0.717) is 38.2 Å². The highest BCUT2D eigenvalue weighted by molar-refractivity contribution is 5.83. The lowest BCUT2D eigenvalue weighted by Crippen LogP contribution is -2.44. The molecule has 1 aliphatic rings. The minimum Gasteiger partial charge on any atom is -0.469 e.